The number of fused-ring (bicyclic) bond motifs is 1. The van der Waals surface area contributed by atoms with Crippen LogP contribution in [0.1, 0.15) is 21.5 Å². The molecule has 3 aromatic carbocycles. The van der Waals surface area contributed by atoms with Crippen molar-refractivity contribution < 1.29 is 14.3 Å². The SMILES string of the molecule is O=C(/C=C/c1ccc2nc(Cl)ccc2c1)Nc1ccccc1C(=O)OCc1ccccc1. The van der Waals surface area contributed by atoms with Crippen molar-refractivity contribution >= 4 is 46.1 Å². The first-order valence-corrected chi connectivity index (χ1v) is 10.3. The minimum Gasteiger partial charge on any atom is -0.457 e. The first-order chi connectivity index (χ1) is 15.6. The number of benzene rings is 3. The fourth-order valence-electron chi connectivity index (χ4n) is 3.14. The van der Waals surface area contributed by atoms with E-state index in [4.69, 9.17) is 16.3 Å². The maximum absolute atomic E-state index is 12.5. The molecule has 0 aliphatic heterocycles. The third-order valence-electron chi connectivity index (χ3n) is 4.72. The zero-order chi connectivity index (χ0) is 22.3. The minimum absolute atomic E-state index is 0.157. The molecule has 0 saturated carbocycles. The predicted molar refractivity (Wildman–Crippen MR) is 126 cm³/mol. The maximum atomic E-state index is 12.5. The molecule has 32 heavy (non-hydrogen) atoms. The summed E-state index contributed by atoms with van der Waals surface area (Å²) in [5, 5.41) is 4.10. The lowest BCUT2D eigenvalue weighted by Crippen LogP contribution is -2.13. The number of hydrogen-bond acceptors (Lipinski definition) is 4. The van der Waals surface area contributed by atoms with Crippen LogP contribution in [0, 0.1) is 0 Å². The Balaban J connectivity index is 1.43. The van der Waals surface area contributed by atoms with Crippen molar-refractivity contribution in [1.82, 2.24) is 4.98 Å². The van der Waals surface area contributed by atoms with E-state index in [9.17, 15) is 9.59 Å². The molecule has 0 atom stereocenters. The van der Waals surface area contributed by atoms with Crippen molar-refractivity contribution in [2.45, 2.75) is 6.61 Å². The van der Waals surface area contributed by atoms with Crippen molar-refractivity contribution in [3.8, 4) is 0 Å². The second-order valence-electron chi connectivity index (χ2n) is 7.02. The molecular formula is C26H19ClN2O3. The fourth-order valence-corrected chi connectivity index (χ4v) is 3.29. The Labute approximate surface area is 190 Å². The summed E-state index contributed by atoms with van der Waals surface area (Å²) in [6.45, 7) is 0.157. The molecular weight excluding hydrogens is 424 g/mol. The summed E-state index contributed by atoms with van der Waals surface area (Å²) in [7, 11) is 0. The van der Waals surface area contributed by atoms with Crippen LogP contribution >= 0.6 is 11.6 Å². The molecule has 5 nitrogen and oxygen atoms in total. The molecule has 1 heterocycles. The Morgan fingerprint density at radius 2 is 1.72 bits per heavy atom. The quantitative estimate of drug-likeness (QED) is 0.229. The average molecular weight is 443 g/mol. The van der Waals surface area contributed by atoms with Gasteiger partial charge in [-0.15, -0.1) is 0 Å². The normalized spacial score (nSPS) is 10.9. The lowest BCUT2D eigenvalue weighted by Gasteiger charge is -2.10. The van der Waals surface area contributed by atoms with Gasteiger partial charge in [-0.25, -0.2) is 9.78 Å². The second-order valence-corrected chi connectivity index (χ2v) is 7.40. The van der Waals surface area contributed by atoms with Crippen LogP contribution in [0.15, 0.2) is 91.0 Å². The summed E-state index contributed by atoms with van der Waals surface area (Å²) in [5.74, 6) is -0.864. The van der Waals surface area contributed by atoms with E-state index in [1.165, 1.54) is 6.08 Å². The van der Waals surface area contributed by atoms with Gasteiger partial charge in [-0.1, -0.05) is 60.1 Å². The summed E-state index contributed by atoms with van der Waals surface area (Å²) < 4.78 is 5.39. The maximum Gasteiger partial charge on any atom is 0.340 e. The number of ether oxygens (including phenoxy) is 1. The Morgan fingerprint density at radius 1 is 0.938 bits per heavy atom. The lowest BCUT2D eigenvalue weighted by atomic mass is 10.1. The topological polar surface area (TPSA) is 68.3 Å². The second kappa shape index (κ2) is 9.90. The van der Waals surface area contributed by atoms with Gasteiger partial charge in [0.15, 0.2) is 0 Å². The smallest absolute Gasteiger partial charge is 0.340 e. The van der Waals surface area contributed by atoms with E-state index < -0.39 is 5.97 Å². The van der Waals surface area contributed by atoms with Crippen molar-refractivity contribution in [1.29, 1.82) is 0 Å². The van der Waals surface area contributed by atoms with E-state index >= 15 is 0 Å². The molecule has 1 aromatic heterocycles. The Hall–Kier alpha value is -3.96. The lowest BCUT2D eigenvalue weighted by molar-refractivity contribution is -0.111. The van der Waals surface area contributed by atoms with Crippen LogP contribution in [0.4, 0.5) is 5.69 Å². The van der Waals surface area contributed by atoms with Gasteiger partial charge in [0, 0.05) is 11.5 Å². The number of anilines is 1. The standard InChI is InChI=1S/C26H19ClN2O3/c27-24-14-12-20-16-18(10-13-22(20)28-24)11-15-25(30)29-23-9-5-4-8-21(23)26(31)32-17-19-6-2-1-3-7-19/h1-16H,17H2,(H,29,30)/b15-11+. The summed E-state index contributed by atoms with van der Waals surface area (Å²) >= 11 is 5.91. The monoisotopic (exact) mass is 442 g/mol. The number of nitrogens with one attached hydrogen (secondary N) is 1. The Morgan fingerprint density at radius 3 is 2.56 bits per heavy atom. The van der Waals surface area contributed by atoms with Gasteiger partial charge in [-0.05, 0) is 53.6 Å². The summed E-state index contributed by atoms with van der Waals surface area (Å²) in [5.41, 5.74) is 3.18. The van der Waals surface area contributed by atoms with Crippen LogP contribution in [0.3, 0.4) is 0 Å². The molecule has 1 amide bonds. The van der Waals surface area contributed by atoms with Crippen LogP contribution in [-0.2, 0) is 16.1 Å². The van der Waals surface area contributed by atoms with Crippen molar-refractivity contribution in [2.24, 2.45) is 0 Å². The molecule has 0 saturated heterocycles. The number of para-hydroxylation sites is 1. The highest BCUT2D eigenvalue weighted by Gasteiger charge is 2.13. The minimum atomic E-state index is -0.505. The molecule has 0 bridgehead atoms. The molecule has 0 aliphatic rings. The molecule has 158 valence electrons. The number of aromatic nitrogens is 1. The summed E-state index contributed by atoms with van der Waals surface area (Å²) in [6.07, 6.45) is 3.11. The summed E-state index contributed by atoms with van der Waals surface area (Å²) in [6, 6.07) is 25.4. The molecule has 0 radical (unpaired) electrons. The van der Waals surface area contributed by atoms with Crippen molar-refractivity contribution in [3.05, 3.63) is 113 Å². The largest absolute Gasteiger partial charge is 0.457 e. The summed E-state index contributed by atoms with van der Waals surface area (Å²) in [4.78, 5) is 29.3. The number of carbonyl (C=O) groups excluding carboxylic acids is 2. The van der Waals surface area contributed by atoms with Gasteiger partial charge < -0.3 is 10.1 Å². The zero-order valence-corrected chi connectivity index (χ0v) is 17.8. The first kappa shape index (κ1) is 21.3. The molecule has 0 fully saturated rings. The molecule has 0 unspecified atom stereocenters. The van der Waals surface area contributed by atoms with Gasteiger partial charge in [0.05, 0.1) is 16.8 Å². The molecule has 4 aromatic rings. The zero-order valence-electron chi connectivity index (χ0n) is 17.0. The van der Waals surface area contributed by atoms with Crippen LogP contribution in [0.2, 0.25) is 5.15 Å². The Kier molecular flexibility index (Phi) is 6.58. The third-order valence-corrected chi connectivity index (χ3v) is 4.93. The number of pyridine rings is 1. The number of rotatable bonds is 6. The van der Waals surface area contributed by atoms with Crippen LogP contribution < -0.4 is 5.32 Å². The van der Waals surface area contributed by atoms with E-state index in [0.717, 1.165) is 22.0 Å². The molecule has 0 aliphatic carbocycles. The van der Waals surface area contributed by atoms with E-state index in [2.05, 4.69) is 10.3 Å². The number of hydrogen-bond donors (Lipinski definition) is 1. The first-order valence-electron chi connectivity index (χ1n) is 9.94. The molecule has 0 spiro atoms. The van der Waals surface area contributed by atoms with Gasteiger partial charge in [-0.2, -0.15) is 0 Å². The molecule has 6 heteroatoms. The van der Waals surface area contributed by atoms with Gasteiger partial charge in [-0.3, -0.25) is 4.79 Å². The van der Waals surface area contributed by atoms with E-state index in [1.807, 2.05) is 54.6 Å². The van der Waals surface area contributed by atoms with Gasteiger partial charge in [0.25, 0.3) is 0 Å². The predicted octanol–water partition coefficient (Wildman–Crippen LogP) is 5.90. The van der Waals surface area contributed by atoms with E-state index in [0.29, 0.717) is 16.4 Å². The number of carbonyl (C=O) groups is 2. The number of nitrogens with zero attached hydrogens (tertiary/aromatic N) is 1. The van der Waals surface area contributed by atoms with Crippen LogP contribution in [-0.4, -0.2) is 16.9 Å². The van der Waals surface area contributed by atoms with Crippen molar-refractivity contribution in [3.63, 3.8) is 0 Å². The number of amides is 1. The highest BCUT2D eigenvalue weighted by molar-refractivity contribution is 6.29. The fraction of sp³-hybridized carbons (Fsp3) is 0.0385. The molecule has 4 rings (SSSR count). The number of halogens is 1. The third kappa shape index (κ3) is 5.39. The number of esters is 1. The van der Waals surface area contributed by atoms with E-state index in [1.54, 1.807) is 36.4 Å². The highest BCUT2D eigenvalue weighted by Crippen LogP contribution is 2.19. The van der Waals surface area contributed by atoms with Gasteiger partial charge in [0.1, 0.15) is 11.8 Å². The van der Waals surface area contributed by atoms with Crippen LogP contribution in [0.25, 0.3) is 17.0 Å². The highest BCUT2D eigenvalue weighted by atomic mass is 35.5. The average Bonchev–Trinajstić information content (AvgIpc) is 2.82. The van der Waals surface area contributed by atoms with Gasteiger partial charge in [0.2, 0.25) is 5.91 Å². The van der Waals surface area contributed by atoms with Crippen LogP contribution in [0.5, 0.6) is 0 Å². The van der Waals surface area contributed by atoms with Crippen molar-refractivity contribution in [2.75, 3.05) is 5.32 Å². The van der Waals surface area contributed by atoms with E-state index in [-0.39, 0.29) is 12.5 Å². The Bertz CT molecular complexity index is 1300. The van der Waals surface area contributed by atoms with Gasteiger partial charge >= 0.3 is 5.97 Å². The molecule has 1 N–H and O–H groups in total.